The molecule has 2 atom stereocenters. The Hall–Kier alpha value is -0.140. The van der Waals surface area contributed by atoms with Crippen molar-refractivity contribution in [2.45, 2.75) is 42.4 Å². The number of hydrogen-bond donors (Lipinski definition) is 0. The van der Waals surface area contributed by atoms with Crippen molar-refractivity contribution < 1.29 is 0 Å². The highest BCUT2D eigenvalue weighted by atomic mass is 35.5. The van der Waals surface area contributed by atoms with E-state index in [4.69, 9.17) is 11.6 Å². The number of fused-ring (bicyclic) bond motifs is 1. The highest BCUT2D eigenvalue weighted by molar-refractivity contribution is 7.99. The first kappa shape index (κ1) is 11.3. The smallest absolute Gasteiger partial charge is 0.0307 e. The number of alkyl halides is 1. The summed E-state index contributed by atoms with van der Waals surface area (Å²) in [6.45, 7) is 2.08. The number of thioether (sulfide) groups is 1. The van der Waals surface area contributed by atoms with Gasteiger partial charge in [-0.25, -0.2) is 0 Å². The van der Waals surface area contributed by atoms with E-state index >= 15 is 0 Å². The third-order valence-corrected chi connectivity index (χ3v) is 4.42. The van der Waals surface area contributed by atoms with Crippen LogP contribution in [0.1, 0.15) is 37.7 Å². The second-order valence-corrected chi connectivity index (χ2v) is 6.06. The predicted octanol–water partition coefficient (Wildman–Crippen LogP) is 4.67. The van der Waals surface area contributed by atoms with Crippen LogP contribution in [-0.4, -0.2) is 11.1 Å². The van der Waals surface area contributed by atoms with Crippen LogP contribution in [0.5, 0.6) is 0 Å². The highest BCUT2D eigenvalue weighted by Crippen LogP contribution is 2.41. The average Bonchev–Trinajstić information content (AvgIpc) is 2.62. The maximum Gasteiger partial charge on any atom is 0.0307 e. The molecule has 1 aliphatic heterocycles. The first-order valence-electron chi connectivity index (χ1n) is 5.63. The molecule has 0 saturated heterocycles. The zero-order valence-electron chi connectivity index (χ0n) is 9.08. The minimum atomic E-state index is 0.328. The van der Waals surface area contributed by atoms with Gasteiger partial charge in [-0.3, -0.25) is 0 Å². The van der Waals surface area contributed by atoms with E-state index in [1.807, 2.05) is 11.8 Å². The summed E-state index contributed by atoms with van der Waals surface area (Å²) in [5.41, 5.74) is 1.56. The van der Waals surface area contributed by atoms with Gasteiger partial charge in [0.15, 0.2) is 0 Å². The zero-order chi connectivity index (χ0) is 10.7. The van der Waals surface area contributed by atoms with Crippen LogP contribution in [0.15, 0.2) is 29.2 Å². The Kier molecular flexibility index (Phi) is 3.99. The molecule has 82 valence electrons. The topological polar surface area (TPSA) is 0 Å². The molecule has 2 rings (SSSR count). The summed E-state index contributed by atoms with van der Waals surface area (Å²) in [7, 11) is 0. The Balaban J connectivity index is 1.90. The predicted molar refractivity (Wildman–Crippen MR) is 69.1 cm³/mol. The quantitative estimate of drug-likeness (QED) is 0.689. The molecule has 0 saturated carbocycles. The van der Waals surface area contributed by atoms with Gasteiger partial charge in [-0.05, 0) is 37.3 Å². The van der Waals surface area contributed by atoms with E-state index in [1.165, 1.54) is 23.5 Å². The van der Waals surface area contributed by atoms with Crippen molar-refractivity contribution in [2.24, 2.45) is 0 Å². The summed E-state index contributed by atoms with van der Waals surface area (Å²) in [5, 5.41) is 0.328. The maximum atomic E-state index is 5.96. The summed E-state index contributed by atoms with van der Waals surface area (Å²) >= 11 is 7.96. The normalized spacial score (nSPS) is 21.3. The van der Waals surface area contributed by atoms with Crippen molar-refractivity contribution in [1.29, 1.82) is 0 Å². The molecule has 0 nitrogen and oxygen atoms in total. The van der Waals surface area contributed by atoms with Crippen molar-refractivity contribution >= 4 is 23.4 Å². The molecule has 0 fully saturated rings. The maximum absolute atomic E-state index is 5.96. The van der Waals surface area contributed by atoms with E-state index in [0.717, 1.165) is 12.3 Å². The Morgan fingerprint density at radius 3 is 3.07 bits per heavy atom. The van der Waals surface area contributed by atoms with E-state index in [-0.39, 0.29) is 0 Å². The van der Waals surface area contributed by atoms with Gasteiger partial charge in [-0.15, -0.1) is 23.4 Å². The van der Waals surface area contributed by atoms with Crippen LogP contribution < -0.4 is 0 Å². The molecular formula is C13H17ClS. The van der Waals surface area contributed by atoms with E-state index < -0.39 is 0 Å². The molecule has 1 aromatic rings. The summed E-state index contributed by atoms with van der Waals surface area (Å²) in [6, 6.07) is 8.81. The van der Waals surface area contributed by atoms with Gasteiger partial charge in [0.2, 0.25) is 0 Å². The molecule has 15 heavy (non-hydrogen) atoms. The summed E-state index contributed by atoms with van der Waals surface area (Å²) in [4.78, 5) is 1.49. The average molecular weight is 241 g/mol. The molecule has 1 aromatic carbocycles. The van der Waals surface area contributed by atoms with E-state index in [1.54, 1.807) is 5.56 Å². The van der Waals surface area contributed by atoms with Crippen LogP contribution in [0, 0.1) is 0 Å². The molecule has 0 aromatic heterocycles. The first-order chi connectivity index (χ1) is 7.27. The molecular weight excluding hydrogens is 224 g/mol. The van der Waals surface area contributed by atoms with Crippen LogP contribution in [0.3, 0.4) is 0 Å². The molecule has 0 radical (unpaired) electrons. The van der Waals surface area contributed by atoms with Crippen molar-refractivity contribution in [3.8, 4) is 0 Å². The number of benzene rings is 1. The molecule has 0 N–H and O–H groups in total. The largest absolute Gasteiger partial charge is 0.125 e. The molecule has 0 bridgehead atoms. The lowest BCUT2D eigenvalue weighted by Crippen LogP contribution is -1.99. The third-order valence-electron chi connectivity index (χ3n) is 2.95. The Morgan fingerprint density at radius 2 is 2.27 bits per heavy atom. The zero-order valence-corrected chi connectivity index (χ0v) is 10.7. The molecule has 2 unspecified atom stereocenters. The van der Waals surface area contributed by atoms with E-state index in [9.17, 15) is 0 Å². The lowest BCUT2D eigenvalue weighted by molar-refractivity contribution is 0.607. The summed E-state index contributed by atoms with van der Waals surface area (Å²) in [5.74, 6) is 2.03. The standard InChI is InChI=1S/C13H17ClS/c1-10(14)5-4-6-11-9-15-13-8-3-2-7-12(11)13/h2-3,7-8,10-11H,4-6,9H2,1H3. The number of hydrogen-bond acceptors (Lipinski definition) is 1. The second-order valence-electron chi connectivity index (χ2n) is 4.26. The van der Waals surface area contributed by atoms with Crippen LogP contribution in [0.4, 0.5) is 0 Å². The van der Waals surface area contributed by atoms with Gasteiger partial charge in [-0.1, -0.05) is 24.6 Å². The lowest BCUT2D eigenvalue weighted by atomic mass is 9.95. The van der Waals surface area contributed by atoms with Crippen LogP contribution in [0.25, 0.3) is 0 Å². The molecule has 1 aliphatic rings. The molecule has 2 heteroatoms. The molecule has 0 spiro atoms. The highest BCUT2D eigenvalue weighted by Gasteiger charge is 2.21. The fourth-order valence-electron chi connectivity index (χ4n) is 2.11. The Labute approximate surface area is 101 Å². The van der Waals surface area contributed by atoms with Gasteiger partial charge in [-0.2, -0.15) is 0 Å². The van der Waals surface area contributed by atoms with Crippen molar-refractivity contribution in [1.82, 2.24) is 0 Å². The SMILES string of the molecule is CC(Cl)CCCC1CSc2ccccc21. The summed E-state index contributed by atoms with van der Waals surface area (Å²) in [6.07, 6.45) is 3.69. The molecule has 1 heterocycles. The molecule has 0 aliphatic carbocycles. The molecule has 0 amide bonds. The Bertz CT molecular complexity index is 322. The van der Waals surface area contributed by atoms with Gasteiger partial charge >= 0.3 is 0 Å². The number of rotatable bonds is 4. The van der Waals surface area contributed by atoms with E-state index in [2.05, 4.69) is 31.2 Å². The van der Waals surface area contributed by atoms with Crippen molar-refractivity contribution in [2.75, 3.05) is 5.75 Å². The summed E-state index contributed by atoms with van der Waals surface area (Å²) < 4.78 is 0. The fraction of sp³-hybridized carbons (Fsp3) is 0.538. The minimum Gasteiger partial charge on any atom is -0.125 e. The van der Waals surface area contributed by atoms with Gasteiger partial charge in [0.1, 0.15) is 0 Å². The van der Waals surface area contributed by atoms with Gasteiger partial charge in [0.05, 0.1) is 0 Å². The van der Waals surface area contributed by atoms with Gasteiger partial charge in [0.25, 0.3) is 0 Å². The van der Waals surface area contributed by atoms with Gasteiger partial charge < -0.3 is 0 Å². The fourth-order valence-corrected chi connectivity index (χ4v) is 3.57. The monoisotopic (exact) mass is 240 g/mol. The van der Waals surface area contributed by atoms with E-state index in [0.29, 0.717) is 5.38 Å². The van der Waals surface area contributed by atoms with Crippen molar-refractivity contribution in [3.63, 3.8) is 0 Å². The van der Waals surface area contributed by atoms with Gasteiger partial charge in [0, 0.05) is 16.0 Å². The van der Waals surface area contributed by atoms with Crippen LogP contribution in [-0.2, 0) is 0 Å². The first-order valence-corrected chi connectivity index (χ1v) is 7.05. The second kappa shape index (κ2) is 5.27. The number of halogens is 1. The minimum absolute atomic E-state index is 0.328. The van der Waals surface area contributed by atoms with Crippen LogP contribution in [0.2, 0.25) is 0 Å². The van der Waals surface area contributed by atoms with Crippen LogP contribution >= 0.6 is 23.4 Å². The lowest BCUT2D eigenvalue weighted by Gasteiger charge is -2.10. The Morgan fingerprint density at radius 1 is 1.47 bits per heavy atom. The van der Waals surface area contributed by atoms with Crippen molar-refractivity contribution in [3.05, 3.63) is 29.8 Å². The third kappa shape index (κ3) is 2.92.